The Morgan fingerprint density at radius 1 is 1.07 bits per heavy atom. The molecule has 0 bridgehead atoms. The number of aryl methyl sites for hydroxylation is 1. The van der Waals surface area contributed by atoms with Gasteiger partial charge in [-0.3, -0.25) is 9.52 Å². The normalized spacial score (nSPS) is 11.1. The minimum Gasteiger partial charge on any atom is -0.495 e. The van der Waals surface area contributed by atoms with E-state index in [-0.39, 0.29) is 22.1 Å². The van der Waals surface area contributed by atoms with E-state index >= 15 is 0 Å². The van der Waals surface area contributed by atoms with E-state index in [1.807, 2.05) is 6.92 Å². The average Bonchev–Trinajstić information content (AvgIpc) is 3.19. The molecule has 0 aliphatic rings. The van der Waals surface area contributed by atoms with Crippen LogP contribution in [0.5, 0.6) is 5.75 Å². The van der Waals surface area contributed by atoms with Crippen molar-refractivity contribution in [3.05, 3.63) is 71.1 Å². The first-order chi connectivity index (χ1) is 13.8. The highest BCUT2D eigenvalue weighted by atomic mass is 35.5. The van der Waals surface area contributed by atoms with E-state index in [9.17, 15) is 13.2 Å². The Morgan fingerprint density at radius 3 is 2.38 bits per heavy atom. The maximum Gasteiger partial charge on any atom is 0.291 e. The molecule has 0 aliphatic carbocycles. The third-order valence-electron chi connectivity index (χ3n) is 4.04. The summed E-state index contributed by atoms with van der Waals surface area (Å²) in [5.41, 5.74) is 0.621. The molecule has 0 spiro atoms. The summed E-state index contributed by atoms with van der Waals surface area (Å²) in [7, 11) is -2.62. The number of rotatable bonds is 7. The number of ether oxygens (including phenoxy) is 1. The van der Waals surface area contributed by atoms with Crippen LogP contribution in [0.15, 0.2) is 63.9 Å². The minimum atomic E-state index is -3.98. The second kappa shape index (κ2) is 8.59. The highest BCUT2D eigenvalue weighted by Gasteiger charge is 2.21. The Kier molecular flexibility index (Phi) is 6.14. The summed E-state index contributed by atoms with van der Waals surface area (Å²) < 4.78 is 38.8. The number of sulfonamides is 1. The quantitative estimate of drug-likeness (QED) is 0.568. The topological polar surface area (TPSA) is 97.6 Å². The number of benzene rings is 2. The van der Waals surface area contributed by atoms with E-state index in [4.69, 9.17) is 20.8 Å². The van der Waals surface area contributed by atoms with Gasteiger partial charge in [-0.1, -0.05) is 18.5 Å². The fraction of sp³-hybridized carbons (Fsp3) is 0.150. The Hall–Kier alpha value is -2.97. The van der Waals surface area contributed by atoms with Crippen molar-refractivity contribution in [2.24, 2.45) is 0 Å². The fourth-order valence-corrected chi connectivity index (χ4v) is 3.96. The van der Waals surface area contributed by atoms with Crippen LogP contribution < -0.4 is 14.8 Å². The lowest BCUT2D eigenvalue weighted by atomic mass is 10.3. The zero-order chi connectivity index (χ0) is 21.0. The molecule has 0 fully saturated rings. The van der Waals surface area contributed by atoms with Crippen LogP contribution in [0.25, 0.3) is 0 Å². The second-order valence-corrected chi connectivity index (χ2v) is 8.14. The Bertz CT molecular complexity index is 1120. The van der Waals surface area contributed by atoms with Crippen molar-refractivity contribution in [1.29, 1.82) is 0 Å². The van der Waals surface area contributed by atoms with Crippen molar-refractivity contribution >= 4 is 38.9 Å². The van der Waals surface area contributed by atoms with Gasteiger partial charge in [-0.2, -0.15) is 0 Å². The van der Waals surface area contributed by atoms with E-state index in [2.05, 4.69) is 10.0 Å². The first-order valence-electron chi connectivity index (χ1n) is 8.69. The number of amides is 1. The molecule has 0 saturated carbocycles. The monoisotopic (exact) mass is 434 g/mol. The molecule has 152 valence electrons. The second-order valence-electron chi connectivity index (χ2n) is 6.05. The van der Waals surface area contributed by atoms with Gasteiger partial charge < -0.3 is 14.5 Å². The lowest BCUT2D eigenvalue weighted by molar-refractivity contribution is 0.0995. The average molecular weight is 435 g/mol. The summed E-state index contributed by atoms with van der Waals surface area (Å²) in [6.45, 7) is 1.91. The Labute approximate surface area is 173 Å². The van der Waals surface area contributed by atoms with Gasteiger partial charge >= 0.3 is 0 Å². The van der Waals surface area contributed by atoms with Crippen molar-refractivity contribution in [2.75, 3.05) is 17.1 Å². The van der Waals surface area contributed by atoms with E-state index < -0.39 is 15.9 Å². The van der Waals surface area contributed by atoms with Gasteiger partial charge in [-0.25, -0.2) is 8.42 Å². The van der Waals surface area contributed by atoms with Crippen LogP contribution in [0.4, 0.5) is 11.4 Å². The molecule has 1 heterocycles. The van der Waals surface area contributed by atoms with E-state index in [0.717, 1.165) is 0 Å². The first-order valence-corrected chi connectivity index (χ1v) is 10.5. The zero-order valence-electron chi connectivity index (χ0n) is 15.7. The molecule has 29 heavy (non-hydrogen) atoms. The third-order valence-corrected chi connectivity index (χ3v) is 5.70. The molecular formula is C20H19ClN2O5S. The Morgan fingerprint density at radius 2 is 1.76 bits per heavy atom. The zero-order valence-corrected chi connectivity index (χ0v) is 17.3. The molecule has 0 aliphatic heterocycles. The van der Waals surface area contributed by atoms with Crippen molar-refractivity contribution in [3.63, 3.8) is 0 Å². The third kappa shape index (κ3) is 4.90. The molecule has 3 rings (SSSR count). The van der Waals surface area contributed by atoms with Gasteiger partial charge in [0, 0.05) is 22.8 Å². The van der Waals surface area contributed by atoms with Gasteiger partial charge in [-0.05, 0) is 54.6 Å². The molecule has 2 aromatic carbocycles. The minimum absolute atomic E-state index is 0.124. The number of hydrogen-bond donors (Lipinski definition) is 2. The number of hydrogen-bond acceptors (Lipinski definition) is 5. The van der Waals surface area contributed by atoms with Crippen LogP contribution >= 0.6 is 11.6 Å². The van der Waals surface area contributed by atoms with Crippen LogP contribution in [0.3, 0.4) is 0 Å². The molecular weight excluding hydrogens is 416 g/mol. The molecule has 0 radical (unpaired) electrons. The molecule has 0 atom stereocenters. The molecule has 0 unspecified atom stereocenters. The van der Waals surface area contributed by atoms with Crippen molar-refractivity contribution in [3.8, 4) is 5.75 Å². The van der Waals surface area contributed by atoms with Gasteiger partial charge in [0.05, 0.1) is 7.11 Å². The van der Waals surface area contributed by atoms with Crippen molar-refractivity contribution in [2.45, 2.75) is 18.2 Å². The van der Waals surface area contributed by atoms with Gasteiger partial charge in [0.25, 0.3) is 15.9 Å². The van der Waals surface area contributed by atoms with Crippen molar-refractivity contribution in [1.82, 2.24) is 0 Å². The lowest BCUT2D eigenvalue weighted by Gasteiger charge is -2.13. The number of furan rings is 1. The number of halogens is 1. The number of carbonyl (C=O) groups excluding carboxylic acids is 1. The fourth-order valence-electron chi connectivity index (χ4n) is 2.58. The summed E-state index contributed by atoms with van der Waals surface area (Å²) in [5.74, 6) is 0.473. The van der Waals surface area contributed by atoms with E-state index in [1.54, 1.807) is 42.5 Å². The van der Waals surface area contributed by atoms with Crippen LogP contribution in [0.1, 0.15) is 23.2 Å². The van der Waals surface area contributed by atoms with Gasteiger partial charge in [0.15, 0.2) is 5.76 Å². The van der Waals surface area contributed by atoms with E-state index in [1.165, 1.54) is 19.2 Å². The highest BCUT2D eigenvalue weighted by Crippen LogP contribution is 2.29. The molecule has 2 N–H and O–H groups in total. The van der Waals surface area contributed by atoms with Gasteiger partial charge in [0.1, 0.15) is 16.4 Å². The summed E-state index contributed by atoms with van der Waals surface area (Å²) in [6, 6.07) is 13.8. The predicted molar refractivity (Wildman–Crippen MR) is 111 cm³/mol. The SMILES string of the molecule is CCc1ccc(C(=O)Nc2ccc(OC)c(S(=O)(=O)Nc3ccc(Cl)cc3)c2)o1. The van der Waals surface area contributed by atoms with E-state index in [0.29, 0.717) is 22.9 Å². The standard InChI is InChI=1S/C20H19ClN2O5S/c1-3-16-9-11-18(28-16)20(24)22-15-8-10-17(27-2)19(12-15)29(25,26)23-14-6-4-13(21)5-7-14/h4-12,23H,3H2,1-2H3,(H,22,24). The number of anilines is 2. The summed E-state index contributed by atoms with van der Waals surface area (Å²) in [4.78, 5) is 12.2. The maximum absolute atomic E-state index is 12.9. The maximum atomic E-state index is 12.9. The highest BCUT2D eigenvalue weighted by molar-refractivity contribution is 7.92. The predicted octanol–water partition coefficient (Wildman–Crippen LogP) is 4.56. The first kappa shape index (κ1) is 20.8. The Balaban J connectivity index is 1.87. The molecule has 3 aromatic rings. The van der Waals surface area contributed by atoms with Gasteiger partial charge in [-0.15, -0.1) is 0 Å². The van der Waals surface area contributed by atoms with Crippen LogP contribution in [0.2, 0.25) is 5.02 Å². The number of carbonyl (C=O) groups is 1. The van der Waals surface area contributed by atoms with Crippen LogP contribution in [0, 0.1) is 0 Å². The summed E-state index contributed by atoms with van der Waals surface area (Å²) >= 11 is 5.83. The van der Waals surface area contributed by atoms with Crippen molar-refractivity contribution < 1.29 is 22.4 Å². The smallest absolute Gasteiger partial charge is 0.291 e. The number of nitrogens with one attached hydrogen (secondary N) is 2. The van der Waals surface area contributed by atoms with Gasteiger partial charge in [0.2, 0.25) is 0 Å². The molecule has 9 heteroatoms. The molecule has 0 saturated heterocycles. The number of methoxy groups -OCH3 is 1. The molecule has 1 amide bonds. The molecule has 7 nitrogen and oxygen atoms in total. The molecule has 1 aromatic heterocycles. The van der Waals surface area contributed by atoms with Crippen LogP contribution in [-0.2, 0) is 16.4 Å². The van der Waals surface area contributed by atoms with Crippen LogP contribution in [-0.4, -0.2) is 21.4 Å². The lowest BCUT2D eigenvalue weighted by Crippen LogP contribution is -2.16. The largest absolute Gasteiger partial charge is 0.495 e. The summed E-state index contributed by atoms with van der Waals surface area (Å²) in [5, 5.41) is 3.12. The summed E-state index contributed by atoms with van der Waals surface area (Å²) in [6.07, 6.45) is 0.661.